The van der Waals surface area contributed by atoms with Crippen LogP contribution >= 0.6 is 12.4 Å². The van der Waals surface area contributed by atoms with Gasteiger partial charge >= 0.3 is 0 Å². The van der Waals surface area contributed by atoms with E-state index < -0.39 is 15.8 Å². The summed E-state index contributed by atoms with van der Waals surface area (Å²) in [6.07, 6.45) is 1.44. The fourth-order valence-corrected chi connectivity index (χ4v) is 4.28. The van der Waals surface area contributed by atoms with Gasteiger partial charge in [0.05, 0.1) is 10.6 Å². The molecule has 1 aliphatic heterocycles. The molecule has 0 saturated carbocycles. The van der Waals surface area contributed by atoms with Crippen LogP contribution in [0.3, 0.4) is 0 Å². The van der Waals surface area contributed by atoms with Gasteiger partial charge in [-0.25, -0.2) is 12.8 Å². The molecular formula is C16H18ClFN2O2S. The molecule has 7 heteroatoms. The SMILES string of the molecule is Cc1ccc(S(=O)(=O)N2CCCc3c(N)cccc32)cc1F.Cl. The van der Waals surface area contributed by atoms with E-state index >= 15 is 0 Å². The molecule has 2 N–H and O–H groups in total. The maximum Gasteiger partial charge on any atom is 0.264 e. The molecule has 23 heavy (non-hydrogen) atoms. The molecule has 1 aliphatic rings. The minimum absolute atomic E-state index is 0. The summed E-state index contributed by atoms with van der Waals surface area (Å²) in [6.45, 7) is 1.97. The molecule has 4 nitrogen and oxygen atoms in total. The highest BCUT2D eigenvalue weighted by Crippen LogP contribution is 2.35. The third-order valence-electron chi connectivity index (χ3n) is 3.98. The van der Waals surface area contributed by atoms with Gasteiger partial charge in [-0.2, -0.15) is 0 Å². The van der Waals surface area contributed by atoms with Crippen LogP contribution < -0.4 is 10.0 Å². The van der Waals surface area contributed by atoms with Gasteiger partial charge in [-0.1, -0.05) is 12.1 Å². The van der Waals surface area contributed by atoms with Gasteiger partial charge in [0.15, 0.2) is 0 Å². The van der Waals surface area contributed by atoms with Crippen LogP contribution in [0.15, 0.2) is 41.3 Å². The van der Waals surface area contributed by atoms with Crippen molar-refractivity contribution in [2.75, 3.05) is 16.6 Å². The van der Waals surface area contributed by atoms with Crippen LogP contribution in [0, 0.1) is 12.7 Å². The Kier molecular flexibility index (Phi) is 4.87. The first kappa shape index (κ1) is 17.6. The number of sulfonamides is 1. The summed E-state index contributed by atoms with van der Waals surface area (Å²) >= 11 is 0. The third-order valence-corrected chi connectivity index (χ3v) is 5.78. The first-order valence-electron chi connectivity index (χ1n) is 7.07. The number of halogens is 2. The van der Waals surface area contributed by atoms with Crippen molar-refractivity contribution < 1.29 is 12.8 Å². The van der Waals surface area contributed by atoms with Crippen LogP contribution in [-0.2, 0) is 16.4 Å². The highest BCUT2D eigenvalue weighted by molar-refractivity contribution is 7.92. The molecule has 0 aliphatic carbocycles. The molecule has 124 valence electrons. The number of rotatable bonds is 2. The van der Waals surface area contributed by atoms with E-state index in [-0.39, 0.29) is 17.3 Å². The van der Waals surface area contributed by atoms with Crippen molar-refractivity contribution >= 4 is 33.8 Å². The number of nitrogens with two attached hydrogens (primary N) is 1. The Morgan fingerprint density at radius 2 is 1.96 bits per heavy atom. The largest absolute Gasteiger partial charge is 0.398 e. The second-order valence-corrected chi connectivity index (χ2v) is 7.30. The molecule has 2 aromatic carbocycles. The van der Waals surface area contributed by atoms with Crippen molar-refractivity contribution in [2.45, 2.75) is 24.7 Å². The number of hydrogen-bond donors (Lipinski definition) is 1. The zero-order chi connectivity index (χ0) is 15.9. The Morgan fingerprint density at radius 3 is 2.65 bits per heavy atom. The molecule has 0 fully saturated rings. The smallest absolute Gasteiger partial charge is 0.264 e. The highest BCUT2D eigenvalue weighted by atomic mass is 35.5. The van der Waals surface area contributed by atoms with Gasteiger partial charge in [0.2, 0.25) is 0 Å². The first-order valence-corrected chi connectivity index (χ1v) is 8.51. The normalized spacial score (nSPS) is 14.1. The summed E-state index contributed by atoms with van der Waals surface area (Å²) in [6, 6.07) is 9.23. The fraction of sp³-hybridized carbons (Fsp3) is 0.250. The Hall–Kier alpha value is -1.79. The molecule has 0 amide bonds. The number of benzene rings is 2. The second-order valence-electron chi connectivity index (χ2n) is 5.44. The summed E-state index contributed by atoms with van der Waals surface area (Å²) in [4.78, 5) is -0.0362. The minimum Gasteiger partial charge on any atom is -0.398 e. The number of nitrogens with zero attached hydrogens (tertiary/aromatic N) is 1. The van der Waals surface area contributed by atoms with Crippen LogP contribution in [-0.4, -0.2) is 15.0 Å². The van der Waals surface area contributed by atoms with Crippen molar-refractivity contribution in [3.05, 3.63) is 53.3 Å². The van der Waals surface area contributed by atoms with Crippen LogP contribution in [0.4, 0.5) is 15.8 Å². The predicted octanol–water partition coefficient (Wildman–Crippen LogP) is 3.28. The molecule has 0 unspecified atom stereocenters. The van der Waals surface area contributed by atoms with E-state index in [0.29, 0.717) is 29.9 Å². The van der Waals surface area contributed by atoms with Gasteiger partial charge in [0.1, 0.15) is 5.82 Å². The van der Waals surface area contributed by atoms with Gasteiger partial charge in [0, 0.05) is 12.2 Å². The molecule has 0 bridgehead atoms. The molecule has 0 aromatic heterocycles. The maximum absolute atomic E-state index is 13.7. The minimum atomic E-state index is -3.79. The highest BCUT2D eigenvalue weighted by Gasteiger charge is 2.30. The van der Waals surface area contributed by atoms with Gasteiger partial charge < -0.3 is 5.73 Å². The lowest BCUT2D eigenvalue weighted by Gasteiger charge is -2.31. The standard InChI is InChI=1S/C16H17FN2O2S.ClH/c1-11-7-8-12(10-14(11)17)22(20,21)19-9-3-4-13-15(18)5-2-6-16(13)19;/h2,5-8,10H,3-4,9,18H2,1H3;1H. The van der Waals surface area contributed by atoms with Crippen LogP contribution in [0.2, 0.25) is 0 Å². The van der Waals surface area contributed by atoms with Crippen molar-refractivity contribution in [1.82, 2.24) is 0 Å². The Bertz CT molecular complexity index is 840. The number of aryl methyl sites for hydroxylation is 1. The van der Waals surface area contributed by atoms with E-state index in [4.69, 9.17) is 5.73 Å². The van der Waals surface area contributed by atoms with Gasteiger partial charge in [0.25, 0.3) is 10.0 Å². The van der Waals surface area contributed by atoms with E-state index in [1.807, 2.05) is 0 Å². The first-order chi connectivity index (χ1) is 10.4. The lowest BCUT2D eigenvalue weighted by Crippen LogP contribution is -2.35. The maximum atomic E-state index is 13.7. The zero-order valence-corrected chi connectivity index (χ0v) is 14.3. The lowest BCUT2D eigenvalue weighted by atomic mass is 10.0. The summed E-state index contributed by atoms with van der Waals surface area (Å²) in [5, 5.41) is 0. The lowest BCUT2D eigenvalue weighted by molar-refractivity contribution is 0.581. The van der Waals surface area contributed by atoms with E-state index in [0.717, 1.165) is 18.1 Å². The van der Waals surface area contributed by atoms with Gasteiger partial charge in [-0.3, -0.25) is 4.31 Å². The van der Waals surface area contributed by atoms with Crippen molar-refractivity contribution in [3.8, 4) is 0 Å². The molecular weight excluding hydrogens is 339 g/mol. The molecule has 3 rings (SSSR count). The van der Waals surface area contributed by atoms with Gasteiger partial charge in [-0.05, 0) is 55.2 Å². The van der Waals surface area contributed by atoms with E-state index in [2.05, 4.69) is 0 Å². The number of hydrogen-bond acceptors (Lipinski definition) is 3. The molecule has 0 saturated heterocycles. The van der Waals surface area contributed by atoms with E-state index in [1.165, 1.54) is 16.4 Å². The van der Waals surface area contributed by atoms with Crippen molar-refractivity contribution in [1.29, 1.82) is 0 Å². The second kappa shape index (κ2) is 6.37. The van der Waals surface area contributed by atoms with Gasteiger partial charge in [-0.15, -0.1) is 12.4 Å². The van der Waals surface area contributed by atoms with Crippen LogP contribution in [0.25, 0.3) is 0 Å². The fourth-order valence-electron chi connectivity index (χ4n) is 2.73. The monoisotopic (exact) mass is 356 g/mol. The Morgan fingerprint density at radius 1 is 1.22 bits per heavy atom. The van der Waals surface area contributed by atoms with Crippen molar-refractivity contribution in [3.63, 3.8) is 0 Å². The quantitative estimate of drug-likeness (QED) is 0.840. The molecule has 2 aromatic rings. The molecule has 1 heterocycles. The topological polar surface area (TPSA) is 63.4 Å². The molecule has 0 spiro atoms. The summed E-state index contributed by atoms with van der Waals surface area (Å²) in [5.41, 5.74) is 8.38. The Labute approximate surface area is 141 Å². The number of nitrogen functional groups attached to an aromatic ring is 1. The van der Waals surface area contributed by atoms with E-state index in [1.54, 1.807) is 25.1 Å². The van der Waals surface area contributed by atoms with E-state index in [9.17, 15) is 12.8 Å². The molecule has 0 atom stereocenters. The third kappa shape index (κ3) is 3.01. The Balaban J connectivity index is 0.00000192. The van der Waals surface area contributed by atoms with Crippen LogP contribution in [0.5, 0.6) is 0 Å². The zero-order valence-electron chi connectivity index (χ0n) is 12.6. The summed E-state index contributed by atoms with van der Waals surface area (Å²) in [5.74, 6) is -0.522. The number of fused-ring (bicyclic) bond motifs is 1. The average Bonchev–Trinajstić information content (AvgIpc) is 2.50. The molecule has 0 radical (unpaired) electrons. The average molecular weight is 357 g/mol. The number of anilines is 2. The van der Waals surface area contributed by atoms with Crippen LogP contribution in [0.1, 0.15) is 17.5 Å². The summed E-state index contributed by atoms with van der Waals surface area (Å²) < 4.78 is 40.7. The predicted molar refractivity (Wildman–Crippen MR) is 92.1 cm³/mol. The van der Waals surface area contributed by atoms with Crippen molar-refractivity contribution in [2.24, 2.45) is 0 Å². The summed E-state index contributed by atoms with van der Waals surface area (Å²) in [7, 11) is -3.79.